The molecule has 1 heterocycles. The number of nitrogens with zero attached hydrogens (tertiary/aromatic N) is 2. The fourth-order valence-corrected chi connectivity index (χ4v) is 3.89. The minimum Gasteiger partial charge on any atom is -0.426 e. The minimum absolute atomic E-state index is 0.0152. The van der Waals surface area contributed by atoms with Gasteiger partial charge in [-0.05, 0) is 50.7 Å². The first-order valence-corrected chi connectivity index (χ1v) is 9.11. The number of carbonyl (C=O) groups excluding carboxylic acids is 2. The predicted molar refractivity (Wildman–Crippen MR) is 94.7 cm³/mol. The molecule has 2 fully saturated rings. The van der Waals surface area contributed by atoms with E-state index < -0.39 is 16.8 Å². The highest BCUT2D eigenvalue weighted by Gasteiger charge is 2.39. The molecule has 1 aromatic carbocycles. The zero-order chi connectivity index (χ0) is 18.8. The molecule has 7 nitrogen and oxygen atoms in total. The highest BCUT2D eigenvalue weighted by molar-refractivity contribution is 5.87. The Kier molecular flexibility index (Phi) is 5.25. The maximum absolute atomic E-state index is 12.4. The van der Waals surface area contributed by atoms with E-state index in [4.69, 9.17) is 4.74 Å². The molecule has 1 aliphatic heterocycles. The van der Waals surface area contributed by atoms with Gasteiger partial charge in [-0.2, -0.15) is 0 Å². The SMILES string of the molecule is Cc1cc(OC(=O)C2CC(=O)N(C3CCC(C)CC3)C2)ccc1[N+](=O)[O-]. The lowest BCUT2D eigenvalue weighted by Gasteiger charge is -2.33. The fourth-order valence-electron chi connectivity index (χ4n) is 3.89. The molecular weight excluding hydrogens is 336 g/mol. The summed E-state index contributed by atoms with van der Waals surface area (Å²) in [6.07, 6.45) is 4.40. The first-order valence-electron chi connectivity index (χ1n) is 9.11. The molecule has 0 spiro atoms. The third-order valence-corrected chi connectivity index (χ3v) is 5.50. The van der Waals surface area contributed by atoms with Crippen molar-refractivity contribution < 1.29 is 19.2 Å². The molecule has 1 unspecified atom stereocenters. The normalized spacial score (nSPS) is 26.0. The largest absolute Gasteiger partial charge is 0.426 e. The smallest absolute Gasteiger partial charge is 0.316 e. The first-order chi connectivity index (χ1) is 12.3. The van der Waals surface area contributed by atoms with E-state index in [1.807, 2.05) is 4.90 Å². The van der Waals surface area contributed by atoms with E-state index in [9.17, 15) is 19.7 Å². The van der Waals surface area contributed by atoms with Gasteiger partial charge in [0.1, 0.15) is 5.75 Å². The number of esters is 1. The maximum atomic E-state index is 12.4. The second-order valence-electron chi connectivity index (χ2n) is 7.49. The van der Waals surface area contributed by atoms with Gasteiger partial charge < -0.3 is 9.64 Å². The molecule has 0 bridgehead atoms. The number of ether oxygens (including phenoxy) is 1. The Bertz CT molecular complexity index is 725. The summed E-state index contributed by atoms with van der Waals surface area (Å²) in [7, 11) is 0. The van der Waals surface area contributed by atoms with Crippen LogP contribution in [0.5, 0.6) is 5.75 Å². The summed E-state index contributed by atoms with van der Waals surface area (Å²) in [5.74, 6) is 0.0765. The molecule has 2 aliphatic rings. The van der Waals surface area contributed by atoms with Crippen molar-refractivity contribution in [2.75, 3.05) is 6.54 Å². The number of hydrogen-bond acceptors (Lipinski definition) is 5. The quantitative estimate of drug-likeness (QED) is 0.356. The van der Waals surface area contributed by atoms with Crippen molar-refractivity contribution in [2.45, 2.75) is 52.0 Å². The molecule has 3 rings (SSSR count). The molecule has 1 atom stereocenters. The summed E-state index contributed by atoms with van der Waals surface area (Å²) in [6.45, 7) is 4.23. The highest BCUT2D eigenvalue weighted by atomic mass is 16.6. The van der Waals surface area contributed by atoms with Crippen molar-refractivity contribution in [1.82, 2.24) is 4.90 Å². The molecule has 1 aliphatic carbocycles. The Labute approximate surface area is 152 Å². The van der Waals surface area contributed by atoms with Gasteiger partial charge in [0.25, 0.3) is 5.69 Å². The van der Waals surface area contributed by atoms with Gasteiger partial charge in [-0.25, -0.2) is 0 Å². The van der Waals surface area contributed by atoms with Gasteiger partial charge in [0, 0.05) is 30.6 Å². The molecule has 1 aromatic rings. The molecule has 0 N–H and O–H groups in total. The van der Waals surface area contributed by atoms with Gasteiger partial charge in [0.15, 0.2) is 0 Å². The van der Waals surface area contributed by atoms with Gasteiger partial charge in [0.05, 0.1) is 10.8 Å². The van der Waals surface area contributed by atoms with Crippen molar-refractivity contribution >= 4 is 17.6 Å². The minimum atomic E-state index is -0.475. The number of amides is 1. The molecule has 140 valence electrons. The Morgan fingerprint density at radius 1 is 1.27 bits per heavy atom. The van der Waals surface area contributed by atoms with E-state index in [-0.39, 0.29) is 29.8 Å². The van der Waals surface area contributed by atoms with E-state index in [0.29, 0.717) is 18.0 Å². The zero-order valence-corrected chi connectivity index (χ0v) is 15.1. The predicted octanol–water partition coefficient (Wildman–Crippen LogP) is 3.24. The van der Waals surface area contributed by atoms with Crippen LogP contribution in [0.2, 0.25) is 0 Å². The molecule has 0 aromatic heterocycles. The third kappa shape index (κ3) is 3.86. The van der Waals surface area contributed by atoms with Gasteiger partial charge in [-0.3, -0.25) is 19.7 Å². The van der Waals surface area contributed by atoms with E-state index in [0.717, 1.165) is 25.7 Å². The number of benzene rings is 1. The van der Waals surface area contributed by atoms with Crippen LogP contribution in [0, 0.1) is 28.9 Å². The summed E-state index contributed by atoms with van der Waals surface area (Å²) in [5, 5.41) is 10.9. The average Bonchev–Trinajstić information content (AvgIpc) is 2.97. The summed E-state index contributed by atoms with van der Waals surface area (Å²) in [6, 6.07) is 4.46. The van der Waals surface area contributed by atoms with E-state index >= 15 is 0 Å². The molecule has 26 heavy (non-hydrogen) atoms. The fraction of sp³-hybridized carbons (Fsp3) is 0.579. The van der Waals surface area contributed by atoms with E-state index in [1.165, 1.54) is 18.2 Å². The standard InChI is InChI=1S/C19H24N2O5/c1-12-3-5-15(6-4-12)20-11-14(10-18(20)22)19(23)26-16-7-8-17(21(24)25)13(2)9-16/h7-9,12,14-15H,3-6,10-11H2,1-2H3. The summed E-state index contributed by atoms with van der Waals surface area (Å²) >= 11 is 0. The topological polar surface area (TPSA) is 89.8 Å². The second-order valence-corrected chi connectivity index (χ2v) is 7.49. The molecule has 1 saturated carbocycles. The Morgan fingerprint density at radius 3 is 2.58 bits per heavy atom. The number of nitro benzene ring substituents is 1. The molecule has 0 radical (unpaired) electrons. The van der Waals surface area contributed by atoms with Gasteiger partial charge in [-0.15, -0.1) is 0 Å². The van der Waals surface area contributed by atoms with E-state index in [1.54, 1.807) is 6.92 Å². The van der Waals surface area contributed by atoms with Crippen molar-refractivity contribution in [3.8, 4) is 5.75 Å². The van der Waals surface area contributed by atoms with Crippen LogP contribution in [0.1, 0.15) is 44.6 Å². The molecular formula is C19H24N2O5. The van der Waals surface area contributed by atoms with Crippen LogP contribution in [-0.4, -0.2) is 34.3 Å². The van der Waals surface area contributed by atoms with E-state index in [2.05, 4.69) is 6.92 Å². The van der Waals surface area contributed by atoms with Crippen molar-refractivity contribution in [3.63, 3.8) is 0 Å². The molecule has 1 saturated heterocycles. The number of rotatable bonds is 4. The Balaban J connectivity index is 1.61. The maximum Gasteiger partial charge on any atom is 0.316 e. The summed E-state index contributed by atoms with van der Waals surface area (Å²) < 4.78 is 5.37. The molecule has 1 amide bonds. The molecule has 7 heteroatoms. The number of nitro groups is 1. The first kappa shape index (κ1) is 18.4. The van der Waals surface area contributed by atoms with Crippen LogP contribution in [0.3, 0.4) is 0 Å². The number of hydrogen-bond donors (Lipinski definition) is 0. The van der Waals surface area contributed by atoms with Crippen LogP contribution >= 0.6 is 0 Å². The van der Waals surface area contributed by atoms with Crippen LogP contribution in [0.25, 0.3) is 0 Å². The Morgan fingerprint density at radius 2 is 1.96 bits per heavy atom. The van der Waals surface area contributed by atoms with Crippen LogP contribution < -0.4 is 4.74 Å². The number of likely N-dealkylation sites (tertiary alicyclic amines) is 1. The van der Waals surface area contributed by atoms with Crippen molar-refractivity contribution in [3.05, 3.63) is 33.9 Å². The number of carbonyl (C=O) groups is 2. The third-order valence-electron chi connectivity index (χ3n) is 5.50. The number of aryl methyl sites for hydroxylation is 1. The van der Waals surface area contributed by atoms with Gasteiger partial charge in [-0.1, -0.05) is 6.92 Å². The van der Waals surface area contributed by atoms with Crippen LogP contribution in [0.15, 0.2) is 18.2 Å². The summed E-state index contributed by atoms with van der Waals surface area (Å²) in [5.41, 5.74) is 0.416. The second kappa shape index (κ2) is 7.43. The van der Waals surface area contributed by atoms with Gasteiger partial charge >= 0.3 is 5.97 Å². The summed E-state index contributed by atoms with van der Waals surface area (Å²) in [4.78, 5) is 37.0. The monoisotopic (exact) mass is 360 g/mol. The lowest BCUT2D eigenvalue weighted by atomic mass is 9.87. The van der Waals surface area contributed by atoms with Gasteiger partial charge in [0.2, 0.25) is 5.91 Å². The zero-order valence-electron chi connectivity index (χ0n) is 15.1. The van der Waals surface area contributed by atoms with Crippen LogP contribution in [0.4, 0.5) is 5.69 Å². The lowest BCUT2D eigenvalue weighted by molar-refractivity contribution is -0.385. The Hall–Kier alpha value is -2.44. The van der Waals surface area contributed by atoms with Crippen LogP contribution in [-0.2, 0) is 9.59 Å². The van der Waals surface area contributed by atoms with Crippen molar-refractivity contribution in [2.24, 2.45) is 11.8 Å². The lowest BCUT2D eigenvalue weighted by Crippen LogP contribution is -2.39. The average molecular weight is 360 g/mol. The van der Waals surface area contributed by atoms with Crippen molar-refractivity contribution in [1.29, 1.82) is 0 Å². The highest BCUT2D eigenvalue weighted by Crippen LogP contribution is 2.32.